The van der Waals surface area contributed by atoms with Crippen LogP contribution in [0.3, 0.4) is 0 Å². The van der Waals surface area contributed by atoms with E-state index in [1.165, 1.54) is 0 Å². The van der Waals surface area contributed by atoms with Gasteiger partial charge < -0.3 is 10.1 Å². The molecular weight excluding hydrogens is 246 g/mol. The summed E-state index contributed by atoms with van der Waals surface area (Å²) in [7, 11) is 0. The van der Waals surface area contributed by atoms with Crippen molar-refractivity contribution in [2.75, 3.05) is 13.2 Å². The van der Waals surface area contributed by atoms with Crippen LogP contribution >= 0.6 is 11.6 Å². The maximum Gasteiger partial charge on any atom is 0.119 e. The second kappa shape index (κ2) is 6.44. The van der Waals surface area contributed by atoms with Gasteiger partial charge in [0, 0.05) is 17.1 Å². The first-order chi connectivity index (χ1) is 8.35. The largest absolute Gasteiger partial charge is 0.492 e. The van der Waals surface area contributed by atoms with Crippen molar-refractivity contribution in [1.29, 1.82) is 0 Å². The van der Waals surface area contributed by atoms with Crippen molar-refractivity contribution in [1.82, 2.24) is 5.32 Å². The van der Waals surface area contributed by atoms with Crippen LogP contribution in [0, 0.1) is 13.8 Å². The van der Waals surface area contributed by atoms with Crippen LogP contribution in [0.15, 0.2) is 12.1 Å². The first kappa shape index (κ1) is 15.3. The lowest BCUT2D eigenvalue weighted by Gasteiger charge is -2.24. The highest BCUT2D eigenvalue weighted by Gasteiger charge is 2.12. The summed E-state index contributed by atoms with van der Waals surface area (Å²) in [4.78, 5) is 0. The second-order valence-corrected chi connectivity index (χ2v) is 5.76. The number of aryl methyl sites for hydroxylation is 2. The van der Waals surface area contributed by atoms with Gasteiger partial charge in [-0.05, 0) is 57.4 Å². The molecule has 1 aromatic carbocycles. The third-order valence-corrected chi connectivity index (χ3v) is 3.86. The third kappa shape index (κ3) is 4.51. The first-order valence-corrected chi connectivity index (χ1v) is 6.88. The predicted octanol–water partition coefficient (Wildman–Crippen LogP) is 4.11. The van der Waals surface area contributed by atoms with Crippen LogP contribution < -0.4 is 10.1 Å². The fourth-order valence-corrected chi connectivity index (χ4v) is 1.78. The van der Waals surface area contributed by atoms with E-state index < -0.39 is 0 Å². The highest BCUT2D eigenvalue weighted by Crippen LogP contribution is 2.25. The summed E-state index contributed by atoms with van der Waals surface area (Å²) in [6.07, 6.45) is 1.10. The highest BCUT2D eigenvalue weighted by atomic mass is 35.5. The van der Waals surface area contributed by atoms with Gasteiger partial charge in [0.2, 0.25) is 0 Å². The summed E-state index contributed by atoms with van der Waals surface area (Å²) in [5.41, 5.74) is 2.30. The van der Waals surface area contributed by atoms with Gasteiger partial charge in [-0.15, -0.1) is 0 Å². The van der Waals surface area contributed by atoms with Crippen LogP contribution in [0.4, 0.5) is 0 Å². The lowest BCUT2D eigenvalue weighted by Crippen LogP contribution is -2.40. The van der Waals surface area contributed by atoms with Crippen molar-refractivity contribution in [2.24, 2.45) is 0 Å². The summed E-state index contributed by atoms with van der Waals surface area (Å²) in [6, 6.07) is 3.97. The van der Waals surface area contributed by atoms with Crippen LogP contribution in [0.5, 0.6) is 5.75 Å². The number of benzene rings is 1. The van der Waals surface area contributed by atoms with Gasteiger partial charge in [-0.25, -0.2) is 0 Å². The molecule has 0 aromatic heterocycles. The van der Waals surface area contributed by atoms with Gasteiger partial charge in [0.25, 0.3) is 0 Å². The van der Waals surface area contributed by atoms with Crippen molar-refractivity contribution in [3.8, 4) is 5.75 Å². The SMILES string of the molecule is CCC(C)(C)NCCOc1cc(C)c(Cl)c(C)c1. The molecule has 0 aliphatic heterocycles. The predicted molar refractivity (Wildman–Crippen MR) is 78.8 cm³/mol. The molecule has 0 saturated heterocycles. The van der Waals surface area contributed by atoms with E-state index in [0.717, 1.165) is 34.9 Å². The van der Waals surface area contributed by atoms with Crippen LogP contribution in [-0.2, 0) is 0 Å². The van der Waals surface area contributed by atoms with Crippen LogP contribution in [0.25, 0.3) is 0 Å². The third-order valence-electron chi connectivity index (χ3n) is 3.27. The molecule has 0 atom stereocenters. The summed E-state index contributed by atoms with van der Waals surface area (Å²) >= 11 is 6.12. The number of ether oxygens (including phenoxy) is 1. The molecule has 0 heterocycles. The molecule has 1 rings (SSSR count). The summed E-state index contributed by atoms with van der Waals surface area (Å²) in [5.74, 6) is 0.894. The van der Waals surface area contributed by atoms with Gasteiger partial charge in [-0.1, -0.05) is 18.5 Å². The van der Waals surface area contributed by atoms with E-state index in [9.17, 15) is 0 Å². The molecule has 102 valence electrons. The van der Waals surface area contributed by atoms with Crippen molar-refractivity contribution in [2.45, 2.75) is 46.6 Å². The Morgan fingerprint density at radius 2 is 1.78 bits per heavy atom. The molecule has 0 spiro atoms. The minimum atomic E-state index is 0.176. The minimum absolute atomic E-state index is 0.176. The molecule has 1 aromatic rings. The van der Waals surface area contributed by atoms with Crippen molar-refractivity contribution in [3.63, 3.8) is 0 Å². The smallest absolute Gasteiger partial charge is 0.119 e. The van der Waals surface area contributed by atoms with E-state index >= 15 is 0 Å². The molecular formula is C15H24ClNO. The molecule has 0 aliphatic carbocycles. The maximum absolute atomic E-state index is 6.12. The summed E-state index contributed by atoms with van der Waals surface area (Å²) in [5, 5.41) is 4.29. The zero-order valence-electron chi connectivity index (χ0n) is 12.1. The average molecular weight is 270 g/mol. The molecule has 0 unspecified atom stereocenters. The lowest BCUT2D eigenvalue weighted by molar-refractivity contribution is 0.280. The van der Waals surface area contributed by atoms with Crippen molar-refractivity contribution < 1.29 is 4.74 Å². The Morgan fingerprint density at radius 1 is 1.22 bits per heavy atom. The number of nitrogens with one attached hydrogen (secondary N) is 1. The minimum Gasteiger partial charge on any atom is -0.492 e. The Morgan fingerprint density at radius 3 is 2.28 bits per heavy atom. The number of halogens is 1. The standard InChI is InChI=1S/C15H24ClNO/c1-6-15(4,5)17-7-8-18-13-9-11(2)14(16)12(3)10-13/h9-10,17H,6-8H2,1-5H3. The number of hydrogen-bond donors (Lipinski definition) is 1. The van der Waals surface area contributed by atoms with E-state index in [2.05, 4.69) is 26.1 Å². The van der Waals surface area contributed by atoms with Crippen LogP contribution in [0.2, 0.25) is 5.02 Å². The molecule has 0 amide bonds. The summed E-state index contributed by atoms with van der Waals surface area (Å²) < 4.78 is 5.74. The molecule has 3 heteroatoms. The molecule has 0 fully saturated rings. The van der Waals surface area contributed by atoms with Gasteiger partial charge in [0.1, 0.15) is 12.4 Å². The van der Waals surface area contributed by atoms with E-state index in [0.29, 0.717) is 6.61 Å². The quantitative estimate of drug-likeness (QED) is 0.785. The fraction of sp³-hybridized carbons (Fsp3) is 0.600. The zero-order valence-corrected chi connectivity index (χ0v) is 12.8. The lowest BCUT2D eigenvalue weighted by atomic mass is 10.0. The molecule has 18 heavy (non-hydrogen) atoms. The van der Waals surface area contributed by atoms with Gasteiger partial charge in [-0.3, -0.25) is 0 Å². The van der Waals surface area contributed by atoms with Crippen LogP contribution in [0.1, 0.15) is 38.3 Å². The highest BCUT2D eigenvalue weighted by molar-refractivity contribution is 6.32. The maximum atomic E-state index is 6.12. The van der Waals surface area contributed by atoms with Gasteiger partial charge in [0.05, 0.1) is 0 Å². The van der Waals surface area contributed by atoms with E-state index in [1.54, 1.807) is 0 Å². The Kier molecular flexibility index (Phi) is 5.48. The van der Waals surface area contributed by atoms with Gasteiger partial charge in [-0.2, -0.15) is 0 Å². The molecule has 0 bridgehead atoms. The monoisotopic (exact) mass is 269 g/mol. The van der Waals surface area contributed by atoms with E-state index in [4.69, 9.17) is 16.3 Å². The molecule has 0 radical (unpaired) electrons. The molecule has 1 N–H and O–H groups in total. The average Bonchev–Trinajstić information content (AvgIpc) is 2.31. The number of rotatable bonds is 6. The zero-order chi connectivity index (χ0) is 13.8. The topological polar surface area (TPSA) is 21.3 Å². The van der Waals surface area contributed by atoms with Crippen LogP contribution in [-0.4, -0.2) is 18.7 Å². The first-order valence-electron chi connectivity index (χ1n) is 6.50. The summed E-state index contributed by atoms with van der Waals surface area (Å²) in [6.45, 7) is 12.1. The Hall–Kier alpha value is -0.730. The Labute approximate surface area is 116 Å². The molecule has 0 aliphatic rings. The van der Waals surface area contributed by atoms with Crippen molar-refractivity contribution >= 4 is 11.6 Å². The van der Waals surface area contributed by atoms with Gasteiger partial charge in [0.15, 0.2) is 0 Å². The fourth-order valence-electron chi connectivity index (χ4n) is 1.67. The van der Waals surface area contributed by atoms with Gasteiger partial charge >= 0.3 is 0 Å². The molecule has 0 saturated carbocycles. The van der Waals surface area contributed by atoms with Crippen molar-refractivity contribution in [3.05, 3.63) is 28.3 Å². The second-order valence-electron chi connectivity index (χ2n) is 5.38. The number of hydrogen-bond acceptors (Lipinski definition) is 2. The normalized spacial score (nSPS) is 11.7. The van der Waals surface area contributed by atoms with E-state index in [1.807, 2.05) is 26.0 Å². The molecule has 2 nitrogen and oxygen atoms in total. The Balaban J connectivity index is 2.45. The van der Waals surface area contributed by atoms with E-state index in [-0.39, 0.29) is 5.54 Å². The Bertz CT molecular complexity index is 378.